The second-order valence-electron chi connectivity index (χ2n) is 4.00. The molecule has 0 aliphatic heterocycles. The van der Waals surface area contributed by atoms with Crippen molar-refractivity contribution in [3.05, 3.63) is 64.7 Å². The lowest BCUT2D eigenvalue weighted by Crippen LogP contribution is -2.20. The zero-order valence-electron chi connectivity index (χ0n) is 10.0. The molecule has 2 aromatic rings. The molecule has 1 aromatic carbocycles. The van der Waals surface area contributed by atoms with Crippen molar-refractivity contribution in [1.82, 2.24) is 10.3 Å². The van der Waals surface area contributed by atoms with E-state index in [1.54, 1.807) is 18.3 Å². The van der Waals surface area contributed by atoms with Crippen molar-refractivity contribution in [2.75, 3.05) is 7.05 Å². The van der Waals surface area contributed by atoms with Crippen molar-refractivity contribution >= 4 is 11.6 Å². The first-order chi connectivity index (χ1) is 8.72. The molecule has 0 saturated carbocycles. The van der Waals surface area contributed by atoms with Gasteiger partial charge in [0, 0.05) is 16.8 Å². The van der Waals surface area contributed by atoms with Gasteiger partial charge in [0.15, 0.2) is 0 Å². The number of halogens is 2. The van der Waals surface area contributed by atoms with Crippen LogP contribution in [0.4, 0.5) is 4.39 Å². The average Bonchev–Trinajstić information content (AvgIpc) is 2.40. The Morgan fingerprint density at radius 2 is 2.11 bits per heavy atom. The molecule has 1 atom stereocenters. The lowest BCUT2D eigenvalue weighted by Gasteiger charge is -2.16. The van der Waals surface area contributed by atoms with Gasteiger partial charge in [-0.25, -0.2) is 4.39 Å². The minimum absolute atomic E-state index is 0.0550. The van der Waals surface area contributed by atoms with E-state index in [1.165, 1.54) is 6.07 Å². The fourth-order valence-corrected chi connectivity index (χ4v) is 2.11. The number of nitrogens with zero attached hydrogens (tertiary/aromatic N) is 1. The van der Waals surface area contributed by atoms with Crippen LogP contribution in [0, 0.1) is 5.82 Å². The van der Waals surface area contributed by atoms with Crippen LogP contribution in [0.3, 0.4) is 0 Å². The van der Waals surface area contributed by atoms with Crippen molar-refractivity contribution in [2.45, 2.75) is 12.5 Å². The standard InChI is InChI=1S/C14H14ClFN2/c1-17-14(13-7-2-3-8-18-13)9-10-11(15)5-4-6-12(10)16/h2-8,14,17H,9H2,1H3. The van der Waals surface area contributed by atoms with Crippen LogP contribution >= 0.6 is 11.6 Å². The molecular formula is C14H14ClFN2. The highest BCUT2D eigenvalue weighted by Gasteiger charge is 2.15. The largest absolute Gasteiger partial charge is 0.311 e. The number of nitrogens with one attached hydrogen (secondary N) is 1. The van der Waals surface area contributed by atoms with Crippen molar-refractivity contribution < 1.29 is 4.39 Å². The molecule has 0 bridgehead atoms. The highest BCUT2D eigenvalue weighted by molar-refractivity contribution is 6.31. The predicted molar refractivity (Wildman–Crippen MR) is 71.2 cm³/mol. The summed E-state index contributed by atoms with van der Waals surface area (Å²) in [6.07, 6.45) is 2.20. The summed E-state index contributed by atoms with van der Waals surface area (Å²) >= 11 is 6.03. The van der Waals surface area contributed by atoms with Crippen LogP contribution in [-0.4, -0.2) is 12.0 Å². The van der Waals surface area contributed by atoms with Gasteiger partial charge in [0.1, 0.15) is 5.82 Å². The Morgan fingerprint density at radius 1 is 1.28 bits per heavy atom. The van der Waals surface area contributed by atoms with Gasteiger partial charge in [0.05, 0.1) is 11.7 Å². The monoisotopic (exact) mass is 264 g/mol. The third kappa shape index (κ3) is 2.86. The maximum absolute atomic E-state index is 13.7. The summed E-state index contributed by atoms with van der Waals surface area (Å²) < 4.78 is 13.7. The molecule has 1 aromatic heterocycles. The second kappa shape index (κ2) is 5.94. The van der Waals surface area contributed by atoms with Crippen molar-refractivity contribution in [1.29, 1.82) is 0 Å². The van der Waals surface area contributed by atoms with Gasteiger partial charge in [-0.1, -0.05) is 23.7 Å². The van der Waals surface area contributed by atoms with E-state index in [1.807, 2.05) is 25.2 Å². The minimum Gasteiger partial charge on any atom is -0.311 e. The van der Waals surface area contributed by atoms with Gasteiger partial charge in [-0.05, 0) is 37.7 Å². The Morgan fingerprint density at radius 3 is 2.72 bits per heavy atom. The summed E-state index contributed by atoms with van der Waals surface area (Å²) in [5.74, 6) is -0.279. The molecule has 0 aliphatic carbocycles. The van der Waals surface area contributed by atoms with Gasteiger partial charge in [-0.3, -0.25) is 4.98 Å². The highest BCUT2D eigenvalue weighted by Crippen LogP contribution is 2.24. The number of rotatable bonds is 4. The van der Waals surface area contributed by atoms with E-state index in [-0.39, 0.29) is 11.9 Å². The summed E-state index contributed by atoms with van der Waals surface area (Å²) in [7, 11) is 1.83. The molecule has 94 valence electrons. The van der Waals surface area contributed by atoms with Gasteiger partial charge in [0.2, 0.25) is 0 Å². The first-order valence-corrected chi connectivity index (χ1v) is 6.11. The summed E-state index contributed by atoms with van der Waals surface area (Å²) in [4.78, 5) is 4.28. The van der Waals surface area contributed by atoms with Gasteiger partial charge < -0.3 is 5.32 Å². The Balaban J connectivity index is 2.26. The van der Waals surface area contributed by atoms with E-state index < -0.39 is 0 Å². The Bertz CT molecular complexity index is 496. The maximum Gasteiger partial charge on any atom is 0.127 e. The number of pyridine rings is 1. The molecule has 1 heterocycles. The molecule has 0 fully saturated rings. The highest BCUT2D eigenvalue weighted by atomic mass is 35.5. The van der Waals surface area contributed by atoms with Crippen molar-refractivity contribution in [3.63, 3.8) is 0 Å². The van der Waals surface area contributed by atoms with Crippen LogP contribution in [0.5, 0.6) is 0 Å². The van der Waals surface area contributed by atoms with E-state index >= 15 is 0 Å². The molecule has 1 unspecified atom stereocenters. The van der Waals surface area contributed by atoms with Crippen molar-refractivity contribution in [3.8, 4) is 0 Å². The molecule has 1 N–H and O–H groups in total. The molecule has 0 spiro atoms. The first-order valence-electron chi connectivity index (χ1n) is 5.73. The van der Waals surface area contributed by atoms with Gasteiger partial charge in [-0.2, -0.15) is 0 Å². The zero-order valence-corrected chi connectivity index (χ0v) is 10.8. The van der Waals surface area contributed by atoms with E-state index in [4.69, 9.17) is 11.6 Å². The first kappa shape index (κ1) is 13.0. The topological polar surface area (TPSA) is 24.9 Å². The summed E-state index contributed by atoms with van der Waals surface area (Å²) in [6, 6.07) is 10.4. The van der Waals surface area contributed by atoms with Crippen LogP contribution in [0.1, 0.15) is 17.3 Å². The van der Waals surface area contributed by atoms with Gasteiger partial charge in [0.25, 0.3) is 0 Å². The predicted octanol–water partition coefficient (Wildman–Crippen LogP) is 3.38. The molecule has 0 amide bonds. The number of benzene rings is 1. The molecule has 0 aliphatic rings. The third-order valence-corrected chi connectivity index (χ3v) is 3.22. The summed E-state index contributed by atoms with van der Waals surface area (Å²) in [5, 5.41) is 3.58. The number of hydrogen-bond donors (Lipinski definition) is 1. The molecule has 0 saturated heterocycles. The van der Waals surface area contributed by atoms with Crippen molar-refractivity contribution in [2.24, 2.45) is 0 Å². The fraction of sp³-hybridized carbons (Fsp3) is 0.214. The lowest BCUT2D eigenvalue weighted by atomic mass is 10.0. The van der Waals surface area contributed by atoms with Crippen LogP contribution in [-0.2, 0) is 6.42 Å². The Labute approximate surface area is 111 Å². The number of likely N-dealkylation sites (N-methyl/N-ethyl adjacent to an activating group) is 1. The second-order valence-corrected chi connectivity index (χ2v) is 4.41. The van der Waals surface area contributed by atoms with Crippen LogP contribution in [0.2, 0.25) is 5.02 Å². The maximum atomic E-state index is 13.7. The van der Waals surface area contributed by atoms with E-state index in [0.717, 1.165) is 5.69 Å². The van der Waals surface area contributed by atoms with E-state index in [0.29, 0.717) is 17.0 Å². The average molecular weight is 265 g/mol. The normalized spacial score (nSPS) is 12.4. The Hall–Kier alpha value is -1.45. The minimum atomic E-state index is -0.279. The van der Waals surface area contributed by atoms with Crippen LogP contribution in [0.25, 0.3) is 0 Å². The van der Waals surface area contributed by atoms with Crippen LogP contribution in [0.15, 0.2) is 42.6 Å². The van der Waals surface area contributed by atoms with Gasteiger partial charge in [-0.15, -0.1) is 0 Å². The molecule has 0 radical (unpaired) electrons. The molecule has 2 nitrogen and oxygen atoms in total. The lowest BCUT2D eigenvalue weighted by molar-refractivity contribution is 0.545. The van der Waals surface area contributed by atoms with Crippen LogP contribution < -0.4 is 5.32 Å². The van der Waals surface area contributed by atoms with Gasteiger partial charge >= 0.3 is 0 Å². The molecule has 18 heavy (non-hydrogen) atoms. The third-order valence-electron chi connectivity index (χ3n) is 2.86. The zero-order chi connectivity index (χ0) is 13.0. The van der Waals surface area contributed by atoms with E-state index in [9.17, 15) is 4.39 Å². The molecular weight excluding hydrogens is 251 g/mol. The summed E-state index contributed by atoms with van der Waals surface area (Å²) in [6.45, 7) is 0. The summed E-state index contributed by atoms with van der Waals surface area (Å²) in [5.41, 5.74) is 1.39. The number of hydrogen-bond acceptors (Lipinski definition) is 2. The molecule has 4 heteroatoms. The smallest absolute Gasteiger partial charge is 0.127 e. The Kier molecular flexibility index (Phi) is 4.28. The van der Waals surface area contributed by atoms with E-state index in [2.05, 4.69) is 10.3 Å². The number of aromatic nitrogens is 1. The fourth-order valence-electron chi connectivity index (χ4n) is 1.87. The quantitative estimate of drug-likeness (QED) is 0.916. The SMILES string of the molecule is CNC(Cc1c(F)cccc1Cl)c1ccccn1. The molecule has 2 rings (SSSR count).